The molecule has 12 nitrogen and oxygen atoms in total. The van der Waals surface area contributed by atoms with Crippen molar-refractivity contribution in [2.75, 3.05) is 25.1 Å². The number of nitrogens with one attached hydrogen (secondary N) is 4. The van der Waals surface area contributed by atoms with Crippen molar-refractivity contribution in [3.05, 3.63) is 12.7 Å². The predicted octanol–water partition coefficient (Wildman–Crippen LogP) is 2.48. The van der Waals surface area contributed by atoms with E-state index in [0.29, 0.717) is 12.8 Å². The van der Waals surface area contributed by atoms with Crippen LogP contribution in [0.4, 0.5) is 4.79 Å². The Kier molecular flexibility index (Phi) is 13.7. The molecule has 4 atom stereocenters. The summed E-state index contributed by atoms with van der Waals surface area (Å²) in [6.07, 6.45) is 11.9. The van der Waals surface area contributed by atoms with Gasteiger partial charge in [0.2, 0.25) is 17.6 Å². The van der Waals surface area contributed by atoms with Crippen molar-refractivity contribution in [2.45, 2.75) is 117 Å². The van der Waals surface area contributed by atoms with Gasteiger partial charge in [0.05, 0.1) is 17.3 Å². The van der Waals surface area contributed by atoms with E-state index in [1.165, 1.54) is 11.0 Å². The molecule has 2 rings (SSSR count). The molecule has 0 aromatic carbocycles. The van der Waals surface area contributed by atoms with Crippen molar-refractivity contribution in [2.24, 2.45) is 16.7 Å². The van der Waals surface area contributed by atoms with Gasteiger partial charge < -0.3 is 26.2 Å². The van der Waals surface area contributed by atoms with Gasteiger partial charge in [-0.1, -0.05) is 66.9 Å². The normalized spacial score (nSPS) is 22.0. The number of likely N-dealkylation sites (tertiary alicyclic amines) is 1. The summed E-state index contributed by atoms with van der Waals surface area (Å²) in [5, 5.41) is 10.9. The lowest BCUT2D eigenvalue weighted by atomic mass is 9.71. The Hall–Kier alpha value is -3.40. The zero-order valence-electron chi connectivity index (χ0n) is 29.2. The topological polar surface area (TPSA) is 171 Å². The lowest BCUT2D eigenvalue weighted by molar-refractivity contribution is -0.151. The highest BCUT2D eigenvalue weighted by Crippen LogP contribution is 2.39. The number of piperidine rings is 1. The number of amides is 5. The first kappa shape index (κ1) is 39.8. The first-order valence-corrected chi connectivity index (χ1v) is 18.5. The summed E-state index contributed by atoms with van der Waals surface area (Å²) < 4.78 is 24.6. The van der Waals surface area contributed by atoms with Crippen molar-refractivity contribution in [3.63, 3.8) is 0 Å². The molecule has 2 aliphatic rings. The van der Waals surface area contributed by atoms with E-state index in [2.05, 4.69) is 33.8 Å². The molecule has 13 heteroatoms. The molecule has 5 amide bonds. The Labute approximate surface area is 280 Å². The van der Waals surface area contributed by atoms with Crippen LogP contribution in [0.5, 0.6) is 0 Å². The molecule has 1 heterocycles. The number of Topliss-reactive ketones (excluding diaryl/α,β-unsaturated/α-hetero) is 1. The SMILES string of the molecule is C#CCCC(NC(=O)[C@@H]1CC(C)(C)C(C)CN1C(=O)[C@@H](NC(=O)NC1(CS(C)(=O)=O)CCCCC1)C(C)(C)C)C(=O)C(=O)NCC=C. The van der Waals surface area contributed by atoms with Crippen LogP contribution in [0, 0.1) is 29.1 Å². The molecule has 264 valence electrons. The van der Waals surface area contributed by atoms with Crippen LogP contribution in [0.15, 0.2) is 12.7 Å². The highest BCUT2D eigenvalue weighted by Gasteiger charge is 2.48. The van der Waals surface area contributed by atoms with Crippen LogP contribution in [-0.2, 0) is 29.0 Å². The number of sulfone groups is 1. The van der Waals surface area contributed by atoms with Gasteiger partial charge in [0.1, 0.15) is 21.9 Å². The summed E-state index contributed by atoms with van der Waals surface area (Å²) >= 11 is 0. The van der Waals surface area contributed by atoms with E-state index in [0.717, 1.165) is 25.5 Å². The van der Waals surface area contributed by atoms with Gasteiger partial charge >= 0.3 is 6.03 Å². The van der Waals surface area contributed by atoms with Crippen molar-refractivity contribution < 1.29 is 32.4 Å². The highest BCUT2D eigenvalue weighted by atomic mass is 32.2. The Balaban J connectivity index is 2.40. The number of hydrogen-bond acceptors (Lipinski definition) is 7. The van der Waals surface area contributed by atoms with Crippen LogP contribution in [0.3, 0.4) is 0 Å². The summed E-state index contributed by atoms with van der Waals surface area (Å²) in [6.45, 7) is 15.2. The van der Waals surface area contributed by atoms with Crippen LogP contribution in [0.25, 0.3) is 0 Å². The summed E-state index contributed by atoms with van der Waals surface area (Å²) in [4.78, 5) is 68.8. The lowest BCUT2D eigenvalue weighted by Crippen LogP contribution is -2.66. The minimum Gasteiger partial charge on any atom is -0.346 e. The molecule has 1 aliphatic carbocycles. The first-order chi connectivity index (χ1) is 21.7. The number of rotatable bonds is 13. The molecule has 2 fully saturated rings. The van der Waals surface area contributed by atoms with Crippen molar-refractivity contribution in [3.8, 4) is 12.3 Å². The second kappa shape index (κ2) is 16.1. The van der Waals surface area contributed by atoms with Gasteiger partial charge in [0.15, 0.2) is 0 Å². The van der Waals surface area contributed by atoms with Crippen LogP contribution >= 0.6 is 0 Å². The molecule has 1 saturated heterocycles. The van der Waals surface area contributed by atoms with Gasteiger partial charge in [-0.25, -0.2) is 13.2 Å². The van der Waals surface area contributed by atoms with Crippen molar-refractivity contribution in [1.82, 2.24) is 26.2 Å². The summed E-state index contributed by atoms with van der Waals surface area (Å²) in [5.74, 6) is -0.604. The van der Waals surface area contributed by atoms with Crippen LogP contribution in [0.1, 0.15) is 92.9 Å². The zero-order valence-corrected chi connectivity index (χ0v) is 30.0. The van der Waals surface area contributed by atoms with E-state index in [1.54, 1.807) is 20.8 Å². The fourth-order valence-corrected chi connectivity index (χ4v) is 7.75. The molecule has 0 radical (unpaired) electrons. The molecular weight excluding hydrogens is 622 g/mol. The standard InChI is InChI=1S/C34H55N5O7S/c1-10-12-16-24(26(40)29(42)35-19-11-2)36-28(41)25-20-33(7,8)23(3)21-39(25)30(43)27(32(4,5)6)37-31(44)38-34(22-47(9,45)46)17-14-13-15-18-34/h1,11,23-25,27H,2,12-22H2,3-9H3,(H,35,42)(H,36,41)(H2,37,38,44)/t23?,24?,25-,27+/m0/s1. The molecule has 0 aromatic heterocycles. The van der Waals surface area contributed by atoms with Gasteiger partial charge in [-0.15, -0.1) is 18.9 Å². The van der Waals surface area contributed by atoms with Crippen molar-refractivity contribution >= 4 is 39.4 Å². The van der Waals surface area contributed by atoms with E-state index >= 15 is 0 Å². The number of urea groups is 1. The quantitative estimate of drug-likeness (QED) is 0.132. The van der Waals surface area contributed by atoms with Gasteiger partial charge in [0.25, 0.3) is 5.91 Å². The molecule has 0 spiro atoms. The third kappa shape index (κ3) is 11.4. The second-order valence-corrected chi connectivity index (χ2v) is 17.2. The van der Waals surface area contributed by atoms with Gasteiger partial charge in [-0.3, -0.25) is 19.2 Å². The number of hydrogen-bond donors (Lipinski definition) is 4. The maximum absolute atomic E-state index is 14.4. The number of carbonyl (C=O) groups is 5. The molecule has 1 saturated carbocycles. The average molecular weight is 678 g/mol. The van der Waals surface area contributed by atoms with E-state index in [4.69, 9.17) is 6.42 Å². The Morgan fingerprint density at radius 1 is 1.09 bits per heavy atom. The number of ketones is 1. The zero-order chi connectivity index (χ0) is 35.8. The molecular formula is C34H55N5O7S. The third-order valence-corrected chi connectivity index (χ3v) is 10.5. The fourth-order valence-electron chi connectivity index (χ4n) is 6.39. The minimum absolute atomic E-state index is 0.0197. The number of terminal acetylenes is 1. The molecule has 2 unspecified atom stereocenters. The minimum atomic E-state index is -3.41. The van der Waals surface area contributed by atoms with Crippen molar-refractivity contribution in [1.29, 1.82) is 0 Å². The third-order valence-electron chi connectivity index (χ3n) is 9.44. The Morgan fingerprint density at radius 2 is 1.70 bits per heavy atom. The first-order valence-electron chi connectivity index (χ1n) is 16.4. The van der Waals surface area contributed by atoms with E-state index in [-0.39, 0.29) is 49.4 Å². The van der Waals surface area contributed by atoms with Crippen LogP contribution in [0.2, 0.25) is 0 Å². The predicted molar refractivity (Wildman–Crippen MR) is 182 cm³/mol. The molecule has 4 N–H and O–H groups in total. The van der Waals surface area contributed by atoms with Gasteiger partial charge in [0, 0.05) is 25.8 Å². The maximum Gasteiger partial charge on any atom is 0.315 e. The molecule has 0 bridgehead atoms. The maximum atomic E-state index is 14.4. The largest absolute Gasteiger partial charge is 0.346 e. The lowest BCUT2D eigenvalue weighted by Gasteiger charge is -2.49. The Morgan fingerprint density at radius 3 is 2.23 bits per heavy atom. The number of nitrogens with zero attached hydrogens (tertiary/aromatic N) is 1. The Bertz CT molecular complexity index is 1340. The second-order valence-electron chi connectivity index (χ2n) is 15.1. The molecule has 47 heavy (non-hydrogen) atoms. The van der Waals surface area contributed by atoms with Crippen LogP contribution in [-0.4, -0.2) is 91.6 Å². The molecule has 1 aliphatic heterocycles. The van der Waals surface area contributed by atoms with E-state index in [1.807, 2.05) is 20.8 Å². The monoisotopic (exact) mass is 677 g/mol. The number of carbonyl (C=O) groups excluding carboxylic acids is 5. The molecule has 0 aromatic rings. The van der Waals surface area contributed by atoms with E-state index in [9.17, 15) is 32.4 Å². The summed E-state index contributed by atoms with van der Waals surface area (Å²) in [7, 11) is -3.41. The highest BCUT2D eigenvalue weighted by molar-refractivity contribution is 7.90. The van der Waals surface area contributed by atoms with Crippen LogP contribution < -0.4 is 21.3 Å². The van der Waals surface area contributed by atoms with Gasteiger partial charge in [-0.2, -0.15) is 0 Å². The van der Waals surface area contributed by atoms with E-state index < -0.39 is 68.5 Å². The smallest absolute Gasteiger partial charge is 0.315 e. The fraction of sp³-hybridized carbons (Fsp3) is 0.735. The van der Waals surface area contributed by atoms with Gasteiger partial charge in [-0.05, 0) is 42.4 Å². The summed E-state index contributed by atoms with van der Waals surface area (Å²) in [6, 6.07) is -3.93. The average Bonchev–Trinajstić information content (AvgIpc) is 2.95. The summed E-state index contributed by atoms with van der Waals surface area (Å²) in [5.41, 5.74) is -2.10.